The number of halogens is 3. The lowest BCUT2D eigenvalue weighted by atomic mass is 9.85. The predicted molar refractivity (Wildman–Crippen MR) is 101 cm³/mol. The first kappa shape index (κ1) is 19.4. The summed E-state index contributed by atoms with van der Waals surface area (Å²) in [4.78, 5) is 14.3. The van der Waals surface area contributed by atoms with E-state index >= 15 is 0 Å². The molecule has 0 spiro atoms. The monoisotopic (exact) mass is 391 g/mol. The molecule has 2 aromatic carbocycles. The first-order valence-electron chi connectivity index (χ1n) is 8.68. The quantitative estimate of drug-likeness (QED) is 0.585. The van der Waals surface area contributed by atoms with Gasteiger partial charge in [0, 0.05) is 19.4 Å². The molecule has 0 radical (unpaired) electrons. The van der Waals surface area contributed by atoms with Crippen molar-refractivity contribution in [3.63, 3.8) is 0 Å². The molecule has 2 aromatic rings. The van der Waals surface area contributed by atoms with E-state index in [0.29, 0.717) is 24.9 Å². The Balaban J connectivity index is 1.84. The first-order chi connectivity index (χ1) is 12.9. The van der Waals surface area contributed by atoms with Gasteiger partial charge in [0.15, 0.2) is 0 Å². The van der Waals surface area contributed by atoms with Crippen molar-refractivity contribution in [3.8, 4) is 0 Å². The predicted octanol–water partition coefficient (Wildman–Crippen LogP) is 5.99. The molecule has 142 valence electrons. The van der Waals surface area contributed by atoms with Crippen LogP contribution in [0, 0.1) is 11.6 Å². The highest BCUT2D eigenvalue weighted by atomic mass is 35.5. The van der Waals surface area contributed by atoms with Gasteiger partial charge in [-0.05, 0) is 42.3 Å². The maximum atomic E-state index is 13.8. The van der Waals surface area contributed by atoms with E-state index in [1.54, 1.807) is 29.2 Å². The Morgan fingerprint density at radius 1 is 1.30 bits per heavy atom. The maximum absolute atomic E-state index is 13.8. The van der Waals surface area contributed by atoms with Crippen LogP contribution < -0.4 is 0 Å². The molecule has 6 heteroatoms. The minimum atomic E-state index is -0.881. The van der Waals surface area contributed by atoms with Crippen LogP contribution in [0.4, 0.5) is 13.6 Å². The number of carbonyl (C=O) groups is 1. The van der Waals surface area contributed by atoms with Crippen LogP contribution in [0.25, 0.3) is 0 Å². The van der Waals surface area contributed by atoms with E-state index in [-0.39, 0.29) is 16.9 Å². The Morgan fingerprint density at radius 3 is 2.59 bits per heavy atom. The van der Waals surface area contributed by atoms with Crippen molar-refractivity contribution in [2.45, 2.75) is 31.4 Å². The number of ether oxygens (including phenoxy) is 1. The fourth-order valence-electron chi connectivity index (χ4n) is 3.42. The zero-order valence-corrected chi connectivity index (χ0v) is 15.7. The highest BCUT2D eigenvalue weighted by molar-refractivity contribution is 6.30. The fraction of sp³-hybridized carbons (Fsp3) is 0.286. The molecule has 0 N–H and O–H groups in total. The smallest absolute Gasteiger partial charge is 0.411 e. The van der Waals surface area contributed by atoms with Gasteiger partial charge >= 0.3 is 6.09 Å². The number of carbonyl (C=O) groups excluding carboxylic acids is 1. The van der Waals surface area contributed by atoms with Gasteiger partial charge in [0.05, 0.1) is 11.1 Å². The summed E-state index contributed by atoms with van der Waals surface area (Å²) in [5.74, 6) is -0.881. The Labute approximate surface area is 162 Å². The minimum Gasteiger partial charge on any atom is -0.437 e. The highest BCUT2D eigenvalue weighted by Crippen LogP contribution is 2.40. The van der Waals surface area contributed by atoms with Gasteiger partial charge in [-0.15, -0.1) is 6.58 Å². The largest absolute Gasteiger partial charge is 0.437 e. The third kappa shape index (κ3) is 3.83. The minimum absolute atomic E-state index is 0.0356. The lowest BCUT2D eigenvalue weighted by Gasteiger charge is -2.43. The number of hydrogen-bond acceptors (Lipinski definition) is 2. The van der Waals surface area contributed by atoms with Crippen LogP contribution >= 0.6 is 11.6 Å². The van der Waals surface area contributed by atoms with Gasteiger partial charge < -0.3 is 9.64 Å². The van der Waals surface area contributed by atoms with Crippen LogP contribution in [0.3, 0.4) is 0 Å². The van der Waals surface area contributed by atoms with Crippen molar-refractivity contribution >= 4 is 17.7 Å². The first-order valence-corrected chi connectivity index (χ1v) is 9.05. The van der Waals surface area contributed by atoms with Crippen LogP contribution in [0.15, 0.2) is 55.1 Å². The Hall–Kier alpha value is -2.40. The molecule has 1 aliphatic heterocycles. The highest BCUT2D eigenvalue weighted by Gasteiger charge is 2.42. The standard InChI is InChI=1S/C21H20ClF2NO2/c1-3-10-21(16-5-7-17(23)8-6-16)11-12-25(20(26)27-21)14(2)15-4-9-18(22)19(24)13-15/h3-9,13-14H,1,10-12H2,2H3/t14-,21?/m1/s1. The van der Waals surface area contributed by atoms with E-state index in [4.69, 9.17) is 16.3 Å². The molecule has 1 saturated heterocycles. The molecule has 2 atom stereocenters. The van der Waals surface area contributed by atoms with E-state index in [2.05, 4.69) is 6.58 Å². The zero-order chi connectivity index (χ0) is 19.6. The third-order valence-electron chi connectivity index (χ3n) is 5.01. The van der Waals surface area contributed by atoms with Gasteiger partial charge in [-0.1, -0.05) is 35.9 Å². The Bertz CT molecular complexity index is 856. The molecule has 0 aliphatic carbocycles. The number of amides is 1. The van der Waals surface area contributed by atoms with E-state index in [0.717, 1.165) is 5.56 Å². The molecule has 27 heavy (non-hydrogen) atoms. The summed E-state index contributed by atoms with van der Waals surface area (Å²) in [6.07, 6.45) is 2.11. The average molecular weight is 392 g/mol. The van der Waals surface area contributed by atoms with Gasteiger partial charge in [0.2, 0.25) is 0 Å². The van der Waals surface area contributed by atoms with Crippen LogP contribution in [0.2, 0.25) is 5.02 Å². The molecular weight excluding hydrogens is 372 g/mol. The Morgan fingerprint density at radius 2 is 2.00 bits per heavy atom. The summed E-state index contributed by atoms with van der Waals surface area (Å²) in [7, 11) is 0. The van der Waals surface area contributed by atoms with Crippen molar-refractivity contribution in [2.24, 2.45) is 0 Å². The van der Waals surface area contributed by atoms with E-state index < -0.39 is 17.5 Å². The van der Waals surface area contributed by atoms with Crippen molar-refractivity contribution in [1.82, 2.24) is 4.90 Å². The van der Waals surface area contributed by atoms with Crippen molar-refractivity contribution < 1.29 is 18.3 Å². The molecule has 1 unspecified atom stereocenters. The molecule has 0 saturated carbocycles. The molecule has 0 bridgehead atoms. The van der Waals surface area contributed by atoms with E-state index in [9.17, 15) is 13.6 Å². The number of hydrogen-bond donors (Lipinski definition) is 0. The van der Waals surface area contributed by atoms with Gasteiger partial charge in [-0.3, -0.25) is 0 Å². The van der Waals surface area contributed by atoms with Gasteiger partial charge in [-0.2, -0.15) is 0 Å². The third-order valence-corrected chi connectivity index (χ3v) is 5.32. The zero-order valence-electron chi connectivity index (χ0n) is 14.9. The molecule has 3 rings (SSSR count). The lowest BCUT2D eigenvalue weighted by molar-refractivity contribution is -0.0589. The summed E-state index contributed by atoms with van der Waals surface area (Å²) in [6.45, 7) is 5.97. The second-order valence-electron chi connectivity index (χ2n) is 6.65. The fourth-order valence-corrected chi connectivity index (χ4v) is 3.54. The SMILES string of the molecule is C=CCC1(c2ccc(F)cc2)CCN([C@H](C)c2ccc(Cl)c(F)c2)C(=O)O1. The van der Waals surface area contributed by atoms with Gasteiger partial charge in [-0.25, -0.2) is 13.6 Å². The molecule has 1 aliphatic rings. The number of cyclic esters (lactones) is 1. The molecule has 1 heterocycles. The van der Waals surface area contributed by atoms with Gasteiger partial charge in [0.25, 0.3) is 0 Å². The molecular formula is C21H20ClF2NO2. The van der Waals surface area contributed by atoms with Crippen molar-refractivity contribution in [3.05, 3.63) is 82.9 Å². The summed E-state index contributed by atoms with van der Waals surface area (Å²) in [5.41, 5.74) is 0.474. The topological polar surface area (TPSA) is 29.5 Å². The van der Waals surface area contributed by atoms with Crippen molar-refractivity contribution in [2.75, 3.05) is 6.54 Å². The number of benzene rings is 2. The second kappa shape index (κ2) is 7.69. The van der Waals surface area contributed by atoms with Crippen LogP contribution in [0.1, 0.15) is 36.9 Å². The number of rotatable bonds is 5. The van der Waals surface area contributed by atoms with Crippen LogP contribution in [-0.2, 0) is 10.3 Å². The van der Waals surface area contributed by atoms with E-state index in [1.807, 2.05) is 6.92 Å². The second-order valence-corrected chi connectivity index (χ2v) is 7.06. The van der Waals surface area contributed by atoms with E-state index in [1.165, 1.54) is 24.3 Å². The Kier molecular flexibility index (Phi) is 5.51. The van der Waals surface area contributed by atoms with Crippen LogP contribution in [0.5, 0.6) is 0 Å². The average Bonchev–Trinajstić information content (AvgIpc) is 2.64. The summed E-state index contributed by atoms with van der Waals surface area (Å²) in [6, 6.07) is 10.1. The molecule has 3 nitrogen and oxygen atoms in total. The maximum Gasteiger partial charge on any atom is 0.411 e. The van der Waals surface area contributed by atoms with Crippen LogP contribution in [-0.4, -0.2) is 17.5 Å². The normalized spacial score (nSPS) is 20.9. The van der Waals surface area contributed by atoms with Crippen molar-refractivity contribution in [1.29, 1.82) is 0 Å². The molecule has 1 fully saturated rings. The lowest BCUT2D eigenvalue weighted by Crippen LogP contribution is -2.48. The summed E-state index contributed by atoms with van der Waals surface area (Å²) < 4.78 is 32.9. The summed E-state index contributed by atoms with van der Waals surface area (Å²) >= 11 is 5.73. The van der Waals surface area contributed by atoms with Gasteiger partial charge in [0.1, 0.15) is 17.2 Å². The number of nitrogens with zero attached hydrogens (tertiary/aromatic N) is 1. The summed E-state index contributed by atoms with van der Waals surface area (Å²) in [5, 5.41) is 0.0356. The molecule has 1 amide bonds. The molecule has 0 aromatic heterocycles.